The van der Waals surface area contributed by atoms with E-state index in [4.69, 9.17) is 18.9 Å². The van der Waals surface area contributed by atoms with Crippen molar-refractivity contribution in [2.75, 3.05) is 92.1 Å². The second kappa shape index (κ2) is 23.8. The van der Waals surface area contributed by atoms with Gasteiger partial charge in [-0.15, -0.1) is 0 Å². The Hall–Kier alpha value is -1.54. The summed E-state index contributed by atoms with van der Waals surface area (Å²) in [5, 5.41) is 0. The summed E-state index contributed by atoms with van der Waals surface area (Å²) in [6, 6.07) is 0. The predicted molar refractivity (Wildman–Crippen MR) is 152 cm³/mol. The third kappa shape index (κ3) is 18.7. The van der Waals surface area contributed by atoms with E-state index in [1.807, 2.05) is 19.1 Å². The molecule has 0 N–H and O–H groups in total. The minimum atomic E-state index is 0.582. The fraction of sp³-hybridized carbons (Fsp3) is 0.667. The molecule has 0 amide bonds. The monoisotopic (exact) mass is 504 g/mol. The van der Waals surface area contributed by atoms with Gasteiger partial charge in [-0.05, 0) is 31.3 Å². The van der Waals surface area contributed by atoms with Crippen molar-refractivity contribution in [2.45, 2.75) is 33.6 Å². The molecule has 0 aliphatic carbocycles. The third-order valence-corrected chi connectivity index (χ3v) is 5.82. The molecule has 1 fully saturated rings. The van der Waals surface area contributed by atoms with Crippen LogP contribution in [0.2, 0.25) is 0 Å². The molecule has 1 rings (SSSR count). The van der Waals surface area contributed by atoms with Crippen molar-refractivity contribution in [3.8, 4) is 0 Å². The Morgan fingerprint density at radius 3 is 1.86 bits per heavy atom. The van der Waals surface area contributed by atoms with Crippen molar-refractivity contribution < 1.29 is 18.9 Å². The molecule has 1 aliphatic heterocycles. The number of hydrogen-bond acceptors (Lipinski definition) is 6. The number of rotatable bonds is 10. The SMILES string of the molecule is C=C/C=C\C(=C/CC)CN1CCOCCOCCN(CC(C)C/C=C\C=C/C)CCOCCOCC1. The van der Waals surface area contributed by atoms with E-state index in [0.29, 0.717) is 58.8 Å². The van der Waals surface area contributed by atoms with E-state index in [-0.39, 0.29) is 0 Å². The quantitative estimate of drug-likeness (QED) is 0.394. The second-order valence-corrected chi connectivity index (χ2v) is 9.10. The molecule has 36 heavy (non-hydrogen) atoms. The van der Waals surface area contributed by atoms with Crippen molar-refractivity contribution in [3.05, 3.63) is 60.8 Å². The van der Waals surface area contributed by atoms with Gasteiger partial charge in [-0.25, -0.2) is 0 Å². The van der Waals surface area contributed by atoms with Crippen LogP contribution in [0.4, 0.5) is 0 Å². The van der Waals surface area contributed by atoms with Crippen LogP contribution in [0, 0.1) is 5.92 Å². The van der Waals surface area contributed by atoms with Crippen LogP contribution in [-0.4, -0.2) is 102 Å². The standard InChI is InChI=1S/C30H52N2O4/c1-5-8-10-11-13-29(4)27-31-15-19-33-23-25-35-21-17-32(18-22-36-26-24-34-20-16-31)28-30(12-7-3)14-9-6-2/h5-6,8-12,14,29H,2,7,13,15-28H2,1,3-4H3/b8-5-,11-10-,14-9-,30-12+. The second-order valence-electron chi connectivity index (χ2n) is 9.10. The molecule has 6 heteroatoms. The molecule has 0 radical (unpaired) electrons. The van der Waals surface area contributed by atoms with Crippen LogP contribution < -0.4 is 0 Å². The Kier molecular flexibility index (Phi) is 21.5. The molecule has 0 spiro atoms. The maximum absolute atomic E-state index is 5.88. The number of hydrogen-bond donors (Lipinski definition) is 0. The lowest BCUT2D eigenvalue weighted by atomic mass is 10.1. The molecule has 6 nitrogen and oxygen atoms in total. The molecule has 1 heterocycles. The highest BCUT2D eigenvalue weighted by atomic mass is 16.5. The van der Waals surface area contributed by atoms with E-state index < -0.39 is 0 Å². The summed E-state index contributed by atoms with van der Waals surface area (Å²) in [5.41, 5.74) is 1.29. The van der Waals surface area contributed by atoms with E-state index in [2.05, 4.69) is 66.7 Å². The molecule has 0 bridgehead atoms. The average Bonchev–Trinajstić information content (AvgIpc) is 2.87. The van der Waals surface area contributed by atoms with Gasteiger partial charge in [0.25, 0.3) is 0 Å². The fourth-order valence-corrected chi connectivity index (χ4v) is 3.90. The first-order valence-electron chi connectivity index (χ1n) is 13.7. The minimum Gasteiger partial charge on any atom is -0.378 e. The molecular formula is C30H52N2O4. The van der Waals surface area contributed by atoms with Crippen molar-refractivity contribution in [2.24, 2.45) is 5.92 Å². The van der Waals surface area contributed by atoms with Crippen LogP contribution >= 0.6 is 0 Å². The van der Waals surface area contributed by atoms with Gasteiger partial charge in [-0.1, -0.05) is 69.0 Å². The number of allylic oxidation sites excluding steroid dienone is 7. The Morgan fingerprint density at radius 2 is 1.36 bits per heavy atom. The van der Waals surface area contributed by atoms with Crippen molar-refractivity contribution >= 4 is 0 Å². The van der Waals surface area contributed by atoms with E-state index in [0.717, 1.165) is 52.1 Å². The Morgan fingerprint density at radius 1 is 0.806 bits per heavy atom. The first-order chi connectivity index (χ1) is 17.7. The van der Waals surface area contributed by atoms with Crippen LogP contribution in [0.3, 0.4) is 0 Å². The molecule has 0 aromatic heterocycles. The minimum absolute atomic E-state index is 0.582. The highest BCUT2D eigenvalue weighted by Gasteiger charge is 2.11. The van der Waals surface area contributed by atoms with E-state index in [1.165, 1.54) is 5.57 Å². The topological polar surface area (TPSA) is 43.4 Å². The van der Waals surface area contributed by atoms with Gasteiger partial charge < -0.3 is 18.9 Å². The third-order valence-electron chi connectivity index (χ3n) is 5.82. The smallest absolute Gasteiger partial charge is 0.0701 e. The summed E-state index contributed by atoms with van der Waals surface area (Å²) in [6.07, 6.45) is 18.8. The van der Waals surface area contributed by atoms with Crippen LogP contribution in [0.5, 0.6) is 0 Å². The van der Waals surface area contributed by atoms with Crippen molar-refractivity contribution in [1.82, 2.24) is 9.80 Å². The van der Waals surface area contributed by atoms with Gasteiger partial charge in [-0.2, -0.15) is 0 Å². The van der Waals surface area contributed by atoms with Gasteiger partial charge in [0.2, 0.25) is 0 Å². The summed E-state index contributed by atoms with van der Waals surface area (Å²) in [6.45, 7) is 21.0. The van der Waals surface area contributed by atoms with Crippen molar-refractivity contribution in [3.63, 3.8) is 0 Å². The fourth-order valence-electron chi connectivity index (χ4n) is 3.90. The van der Waals surface area contributed by atoms with Gasteiger partial charge in [0.1, 0.15) is 0 Å². The predicted octanol–water partition coefficient (Wildman–Crippen LogP) is 4.91. The molecule has 1 aliphatic rings. The molecule has 0 aromatic rings. The molecule has 1 unspecified atom stereocenters. The lowest BCUT2D eigenvalue weighted by Crippen LogP contribution is -2.35. The number of nitrogens with zero attached hydrogens (tertiary/aromatic N) is 2. The number of ether oxygens (including phenoxy) is 4. The summed E-state index contributed by atoms with van der Waals surface area (Å²) in [5.74, 6) is 0.582. The van der Waals surface area contributed by atoms with Crippen LogP contribution in [0.25, 0.3) is 0 Å². The maximum Gasteiger partial charge on any atom is 0.0701 e. The summed E-state index contributed by atoms with van der Waals surface area (Å²) in [4.78, 5) is 4.83. The molecule has 0 saturated carbocycles. The highest BCUT2D eigenvalue weighted by molar-refractivity contribution is 5.23. The van der Waals surface area contributed by atoms with Crippen LogP contribution in [-0.2, 0) is 18.9 Å². The van der Waals surface area contributed by atoms with E-state index in [9.17, 15) is 0 Å². The normalized spacial score (nSPS) is 21.1. The van der Waals surface area contributed by atoms with Gasteiger partial charge in [0.15, 0.2) is 0 Å². The zero-order chi connectivity index (χ0) is 26.1. The van der Waals surface area contributed by atoms with Crippen LogP contribution in [0.1, 0.15) is 33.6 Å². The summed E-state index contributed by atoms with van der Waals surface area (Å²) >= 11 is 0. The molecule has 1 atom stereocenters. The summed E-state index contributed by atoms with van der Waals surface area (Å²) in [7, 11) is 0. The first-order valence-corrected chi connectivity index (χ1v) is 13.7. The Labute approximate surface area is 221 Å². The van der Waals surface area contributed by atoms with Gasteiger partial charge >= 0.3 is 0 Å². The molecule has 206 valence electrons. The van der Waals surface area contributed by atoms with E-state index in [1.54, 1.807) is 0 Å². The van der Waals surface area contributed by atoms with Crippen molar-refractivity contribution in [1.29, 1.82) is 0 Å². The largest absolute Gasteiger partial charge is 0.378 e. The first kappa shape index (κ1) is 32.5. The summed E-state index contributed by atoms with van der Waals surface area (Å²) < 4.78 is 23.5. The lowest BCUT2D eigenvalue weighted by Gasteiger charge is -2.25. The molecule has 1 saturated heterocycles. The Balaban J connectivity index is 2.52. The zero-order valence-corrected chi connectivity index (χ0v) is 23.2. The van der Waals surface area contributed by atoms with Crippen LogP contribution in [0.15, 0.2) is 60.8 Å². The van der Waals surface area contributed by atoms with Gasteiger partial charge in [0, 0.05) is 39.3 Å². The molecular weight excluding hydrogens is 452 g/mol. The molecule has 0 aromatic carbocycles. The van der Waals surface area contributed by atoms with E-state index >= 15 is 0 Å². The highest BCUT2D eigenvalue weighted by Crippen LogP contribution is 2.07. The van der Waals surface area contributed by atoms with Gasteiger partial charge in [-0.3, -0.25) is 9.80 Å². The Bertz CT molecular complexity index is 625. The zero-order valence-electron chi connectivity index (χ0n) is 23.2. The average molecular weight is 505 g/mol. The van der Waals surface area contributed by atoms with Gasteiger partial charge in [0.05, 0.1) is 52.9 Å². The lowest BCUT2D eigenvalue weighted by molar-refractivity contribution is 0.00772. The maximum atomic E-state index is 5.88.